The van der Waals surface area contributed by atoms with Crippen molar-refractivity contribution in [2.24, 2.45) is 0 Å². The molecule has 0 aromatic heterocycles. The van der Waals surface area contributed by atoms with Crippen molar-refractivity contribution in [3.8, 4) is 0 Å². The Kier molecular flexibility index (Phi) is 12.9. The molecule has 0 amide bonds. The Morgan fingerprint density at radius 3 is 1.53 bits per heavy atom. The quantitative estimate of drug-likeness (QED) is 0.209. The number of benzene rings is 2. The molecule has 36 heavy (non-hydrogen) atoms. The Hall–Kier alpha value is -1.83. The number of hydrogen-bond donors (Lipinski definition) is 0. The summed E-state index contributed by atoms with van der Waals surface area (Å²) in [5, 5.41) is 0. The molecule has 1 fully saturated rings. The maximum atomic E-state index is 2.72. The number of likely N-dealkylation sites (tertiary alicyclic amines) is 1. The standard InChI is InChI=1S/C34H47N.ClH/c1-2-3-4-5-6-7-8-9-10-11-12-17-26-35-27-24-31(25-28-35)34-32-20-15-13-18-29(32)22-23-30-19-14-16-21-33(30)34;/h13-16,18-23H,2-12,17,24-28H2,1H3;1H. The van der Waals surface area contributed by atoms with Gasteiger partial charge in [0.2, 0.25) is 0 Å². The van der Waals surface area contributed by atoms with Crippen LogP contribution in [0.5, 0.6) is 0 Å². The molecule has 2 aromatic carbocycles. The van der Waals surface area contributed by atoms with Crippen molar-refractivity contribution in [3.63, 3.8) is 0 Å². The fourth-order valence-corrected chi connectivity index (χ4v) is 5.92. The molecular formula is C34H48ClN. The monoisotopic (exact) mass is 505 g/mol. The molecule has 0 saturated carbocycles. The number of rotatable bonds is 13. The maximum absolute atomic E-state index is 2.72. The van der Waals surface area contributed by atoms with E-state index in [1.807, 2.05) is 0 Å². The average Bonchev–Trinajstić information content (AvgIpc) is 3.07. The highest BCUT2D eigenvalue weighted by Crippen LogP contribution is 2.38. The minimum atomic E-state index is 0. The Morgan fingerprint density at radius 2 is 1.03 bits per heavy atom. The number of piperidine rings is 1. The largest absolute Gasteiger partial charge is 0.303 e. The summed E-state index contributed by atoms with van der Waals surface area (Å²) in [6.07, 6.45) is 24.2. The first-order chi connectivity index (χ1) is 17.4. The van der Waals surface area contributed by atoms with Crippen LogP contribution in [0.2, 0.25) is 0 Å². The van der Waals surface area contributed by atoms with Crippen LogP contribution in [0.1, 0.15) is 119 Å². The third-order valence-corrected chi connectivity index (χ3v) is 8.04. The minimum Gasteiger partial charge on any atom is -0.303 e. The lowest BCUT2D eigenvalue weighted by molar-refractivity contribution is 0.251. The predicted molar refractivity (Wildman–Crippen MR) is 162 cm³/mol. The maximum Gasteiger partial charge on any atom is 0.00190 e. The number of fused-ring (bicyclic) bond motifs is 2. The molecule has 0 N–H and O–H groups in total. The molecule has 2 aromatic rings. The van der Waals surface area contributed by atoms with E-state index in [1.165, 1.54) is 137 Å². The van der Waals surface area contributed by atoms with E-state index in [0.717, 1.165) is 0 Å². The number of nitrogens with zero attached hydrogens (tertiary/aromatic N) is 1. The Labute approximate surface area is 227 Å². The van der Waals surface area contributed by atoms with E-state index in [9.17, 15) is 0 Å². The van der Waals surface area contributed by atoms with Crippen LogP contribution in [0.4, 0.5) is 0 Å². The molecular weight excluding hydrogens is 458 g/mol. The summed E-state index contributed by atoms with van der Waals surface area (Å²) in [5.41, 5.74) is 8.69. The first-order valence-electron chi connectivity index (χ1n) is 14.7. The molecule has 0 atom stereocenters. The van der Waals surface area contributed by atoms with Gasteiger partial charge in [0.05, 0.1) is 0 Å². The summed E-state index contributed by atoms with van der Waals surface area (Å²) in [5.74, 6) is 0. The van der Waals surface area contributed by atoms with E-state index >= 15 is 0 Å². The summed E-state index contributed by atoms with van der Waals surface area (Å²) < 4.78 is 0. The Morgan fingerprint density at radius 1 is 0.583 bits per heavy atom. The van der Waals surface area contributed by atoms with E-state index in [4.69, 9.17) is 0 Å². The van der Waals surface area contributed by atoms with Gasteiger partial charge in [-0.15, -0.1) is 12.4 Å². The van der Waals surface area contributed by atoms with Crippen molar-refractivity contribution in [2.45, 2.75) is 96.8 Å². The molecule has 1 nitrogen and oxygen atoms in total. The highest BCUT2D eigenvalue weighted by molar-refractivity contribution is 5.94. The van der Waals surface area contributed by atoms with Gasteiger partial charge in [-0.1, -0.05) is 144 Å². The summed E-state index contributed by atoms with van der Waals surface area (Å²) in [6, 6.07) is 17.9. The molecule has 1 aliphatic heterocycles. The zero-order chi connectivity index (χ0) is 24.1. The fourth-order valence-electron chi connectivity index (χ4n) is 5.92. The van der Waals surface area contributed by atoms with Gasteiger partial charge in [0.15, 0.2) is 0 Å². The molecule has 0 radical (unpaired) electrons. The first-order valence-corrected chi connectivity index (χ1v) is 14.7. The second-order valence-corrected chi connectivity index (χ2v) is 10.7. The average molecular weight is 506 g/mol. The van der Waals surface area contributed by atoms with Crippen molar-refractivity contribution in [2.75, 3.05) is 19.6 Å². The van der Waals surface area contributed by atoms with Crippen LogP contribution < -0.4 is 0 Å². The van der Waals surface area contributed by atoms with Crippen LogP contribution in [0, 0.1) is 0 Å². The zero-order valence-electron chi connectivity index (χ0n) is 22.6. The summed E-state index contributed by atoms with van der Waals surface area (Å²) >= 11 is 0. The smallest absolute Gasteiger partial charge is 0.00190 e. The third-order valence-electron chi connectivity index (χ3n) is 8.04. The zero-order valence-corrected chi connectivity index (χ0v) is 23.5. The van der Waals surface area contributed by atoms with Gasteiger partial charge in [-0.25, -0.2) is 0 Å². The van der Waals surface area contributed by atoms with E-state index < -0.39 is 0 Å². The second-order valence-electron chi connectivity index (χ2n) is 10.7. The van der Waals surface area contributed by atoms with E-state index in [0.29, 0.717) is 0 Å². The molecule has 1 aliphatic carbocycles. The van der Waals surface area contributed by atoms with Gasteiger partial charge in [0.1, 0.15) is 0 Å². The topological polar surface area (TPSA) is 3.24 Å². The lowest BCUT2D eigenvalue weighted by atomic mass is 9.86. The van der Waals surface area contributed by atoms with E-state index in [2.05, 4.69) is 72.5 Å². The van der Waals surface area contributed by atoms with Gasteiger partial charge in [-0.3, -0.25) is 0 Å². The minimum absolute atomic E-state index is 0. The van der Waals surface area contributed by atoms with Crippen molar-refractivity contribution in [1.29, 1.82) is 0 Å². The molecule has 0 spiro atoms. The van der Waals surface area contributed by atoms with Gasteiger partial charge in [-0.05, 0) is 53.6 Å². The predicted octanol–water partition coefficient (Wildman–Crippen LogP) is 10.2. The van der Waals surface area contributed by atoms with Gasteiger partial charge in [0.25, 0.3) is 0 Å². The second kappa shape index (κ2) is 16.1. The molecule has 4 rings (SSSR count). The Bertz CT molecular complexity index is 911. The SMILES string of the molecule is CCCCCCCCCCCCCCN1CCC(=C2c3ccccc3C=Cc3ccccc32)CC1.Cl. The van der Waals surface area contributed by atoms with Crippen molar-refractivity contribution in [3.05, 3.63) is 76.4 Å². The van der Waals surface area contributed by atoms with Gasteiger partial charge in [-0.2, -0.15) is 0 Å². The summed E-state index contributed by atoms with van der Waals surface area (Å²) in [7, 11) is 0. The fraction of sp³-hybridized carbons (Fsp3) is 0.529. The highest BCUT2D eigenvalue weighted by Gasteiger charge is 2.22. The van der Waals surface area contributed by atoms with Crippen LogP contribution in [-0.4, -0.2) is 24.5 Å². The molecule has 1 saturated heterocycles. The van der Waals surface area contributed by atoms with Gasteiger partial charge < -0.3 is 4.90 Å². The van der Waals surface area contributed by atoms with Crippen molar-refractivity contribution >= 4 is 30.1 Å². The van der Waals surface area contributed by atoms with Crippen LogP contribution in [0.15, 0.2) is 54.1 Å². The lowest BCUT2D eigenvalue weighted by Crippen LogP contribution is -2.32. The number of unbranched alkanes of at least 4 members (excludes halogenated alkanes) is 11. The van der Waals surface area contributed by atoms with Crippen LogP contribution >= 0.6 is 12.4 Å². The normalized spacial score (nSPS) is 15.2. The molecule has 2 heteroatoms. The number of halogens is 1. The van der Waals surface area contributed by atoms with Gasteiger partial charge in [0, 0.05) is 13.1 Å². The molecule has 1 heterocycles. The Balaban J connectivity index is 0.00000361. The molecule has 0 bridgehead atoms. The van der Waals surface area contributed by atoms with Crippen molar-refractivity contribution < 1.29 is 0 Å². The van der Waals surface area contributed by atoms with Crippen molar-refractivity contribution in [1.82, 2.24) is 4.90 Å². The number of hydrogen-bond acceptors (Lipinski definition) is 1. The van der Waals surface area contributed by atoms with Gasteiger partial charge >= 0.3 is 0 Å². The molecule has 196 valence electrons. The third kappa shape index (κ3) is 8.35. The summed E-state index contributed by atoms with van der Waals surface area (Å²) in [4.78, 5) is 2.72. The molecule has 2 aliphatic rings. The molecule has 0 unspecified atom stereocenters. The summed E-state index contributed by atoms with van der Waals surface area (Å²) in [6.45, 7) is 6.02. The highest BCUT2D eigenvalue weighted by atomic mass is 35.5. The van der Waals surface area contributed by atoms with Crippen LogP contribution in [0.3, 0.4) is 0 Å². The van der Waals surface area contributed by atoms with E-state index in [1.54, 1.807) is 5.57 Å². The van der Waals surface area contributed by atoms with E-state index in [-0.39, 0.29) is 12.4 Å². The lowest BCUT2D eigenvalue weighted by Gasteiger charge is -2.30. The van der Waals surface area contributed by atoms with Crippen LogP contribution in [-0.2, 0) is 0 Å². The van der Waals surface area contributed by atoms with Crippen LogP contribution in [0.25, 0.3) is 17.7 Å². The first kappa shape index (κ1) is 28.7.